The van der Waals surface area contributed by atoms with Crippen molar-refractivity contribution >= 4 is 23.2 Å². The lowest BCUT2D eigenvalue weighted by Gasteiger charge is -2.12. The molecule has 3 nitrogen and oxygen atoms in total. The molecule has 22 heavy (non-hydrogen) atoms. The Hall–Kier alpha value is -2.07. The number of ether oxygens (including phenoxy) is 1. The molecular weight excluding hydrogens is 305 g/mol. The van der Waals surface area contributed by atoms with Gasteiger partial charge in [-0.2, -0.15) is 0 Å². The van der Waals surface area contributed by atoms with Crippen LogP contribution in [0.3, 0.4) is 0 Å². The van der Waals surface area contributed by atoms with Crippen LogP contribution >= 0.6 is 11.6 Å². The van der Waals surface area contributed by atoms with Crippen molar-refractivity contribution in [1.82, 2.24) is 0 Å². The van der Waals surface area contributed by atoms with Gasteiger partial charge in [0.25, 0.3) is 0 Å². The second kappa shape index (κ2) is 7.27. The number of hydrogen-bond acceptors (Lipinski definition) is 2. The molecule has 1 amide bonds. The van der Waals surface area contributed by atoms with Gasteiger partial charge in [0.05, 0.1) is 12.8 Å². The molecule has 0 fully saturated rings. The molecule has 2 rings (SSSR count). The second-order valence-corrected chi connectivity index (χ2v) is 5.38. The van der Waals surface area contributed by atoms with Crippen molar-refractivity contribution in [2.75, 3.05) is 12.4 Å². The summed E-state index contributed by atoms with van der Waals surface area (Å²) in [4.78, 5) is 12.0. The Morgan fingerprint density at radius 3 is 2.59 bits per heavy atom. The Morgan fingerprint density at radius 2 is 1.95 bits per heavy atom. The van der Waals surface area contributed by atoms with E-state index in [1.807, 2.05) is 6.92 Å². The van der Waals surface area contributed by atoms with Crippen molar-refractivity contribution in [3.63, 3.8) is 0 Å². The number of carbonyl (C=O) groups is 1. The summed E-state index contributed by atoms with van der Waals surface area (Å²) < 4.78 is 18.0. The highest BCUT2D eigenvalue weighted by atomic mass is 35.5. The fourth-order valence-electron chi connectivity index (χ4n) is 2.05. The Bertz CT molecular complexity index is 671. The van der Waals surface area contributed by atoms with Crippen molar-refractivity contribution in [2.45, 2.75) is 19.8 Å². The molecule has 5 heteroatoms. The summed E-state index contributed by atoms with van der Waals surface area (Å²) in [6.07, 6.45) is 0.845. The zero-order valence-corrected chi connectivity index (χ0v) is 13.2. The van der Waals surface area contributed by atoms with Crippen LogP contribution in [0.1, 0.15) is 17.5 Å². The molecule has 2 aromatic rings. The lowest BCUT2D eigenvalue weighted by Crippen LogP contribution is -2.13. The summed E-state index contributed by atoms with van der Waals surface area (Å²) in [6.45, 7) is 1.86. The molecule has 0 aliphatic heterocycles. The highest BCUT2D eigenvalue weighted by molar-refractivity contribution is 6.31. The summed E-state index contributed by atoms with van der Waals surface area (Å²) in [7, 11) is 1.52. The monoisotopic (exact) mass is 321 g/mol. The van der Waals surface area contributed by atoms with Gasteiger partial charge in [-0.3, -0.25) is 4.79 Å². The summed E-state index contributed by atoms with van der Waals surface area (Å²) in [5, 5.41) is 3.40. The number of hydrogen-bond donors (Lipinski definition) is 1. The van der Waals surface area contributed by atoms with Gasteiger partial charge in [0, 0.05) is 17.5 Å². The third-order valence-electron chi connectivity index (χ3n) is 3.31. The number of carbonyl (C=O) groups excluding carboxylic acids is 1. The van der Waals surface area contributed by atoms with Crippen molar-refractivity contribution in [1.29, 1.82) is 0 Å². The summed E-state index contributed by atoms with van der Waals surface area (Å²) >= 11 is 6.03. The zero-order chi connectivity index (χ0) is 16.1. The third kappa shape index (κ3) is 4.21. The van der Waals surface area contributed by atoms with Gasteiger partial charge in [0.1, 0.15) is 11.6 Å². The number of amides is 1. The van der Waals surface area contributed by atoms with E-state index >= 15 is 0 Å². The van der Waals surface area contributed by atoms with Gasteiger partial charge in [-0.1, -0.05) is 23.7 Å². The van der Waals surface area contributed by atoms with E-state index in [1.165, 1.54) is 19.2 Å². The van der Waals surface area contributed by atoms with E-state index in [0.717, 1.165) is 11.1 Å². The zero-order valence-electron chi connectivity index (χ0n) is 12.5. The van der Waals surface area contributed by atoms with E-state index in [0.29, 0.717) is 29.3 Å². The predicted octanol–water partition coefficient (Wildman–Crippen LogP) is 4.37. The average molecular weight is 322 g/mol. The standard InChI is InChI=1S/C17H17ClFNO2/c1-11-9-15(16(22-2)10-14(11)18)20-17(21)8-5-12-3-6-13(19)7-4-12/h3-4,6-7,9-10H,5,8H2,1-2H3,(H,20,21). The lowest BCUT2D eigenvalue weighted by atomic mass is 10.1. The molecule has 0 spiro atoms. The van der Waals surface area contributed by atoms with Gasteiger partial charge < -0.3 is 10.1 Å². The molecule has 0 aliphatic rings. The minimum absolute atomic E-state index is 0.135. The first kappa shape index (κ1) is 16.3. The molecule has 0 unspecified atom stereocenters. The highest BCUT2D eigenvalue weighted by Crippen LogP contribution is 2.31. The van der Waals surface area contributed by atoms with Gasteiger partial charge in [0.2, 0.25) is 5.91 Å². The molecule has 0 saturated carbocycles. The molecule has 0 saturated heterocycles. The van der Waals surface area contributed by atoms with E-state index in [2.05, 4.69) is 5.32 Å². The van der Waals surface area contributed by atoms with Crippen molar-refractivity contribution < 1.29 is 13.9 Å². The minimum atomic E-state index is -0.283. The number of methoxy groups -OCH3 is 1. The van der Waals surface area contributed by atoms with Crippen LogP contribution < -0.4 is 10.1 Å². The topological polar surface area (TPSA) is 38.3 Å². The summed E-state index contributed by atoms with van der Waals surface area (Å²) in [5.74, 6) is 0.102. The fraction of sp³-hybridized carbons (Fsp3) is 0.235. The maximum atomic E-state index is 12.8. The third-order valence-corrected chi connectivity index (χ3v) is 3.72. The van der Waals surface area contributed by atoms with Crippen LogP contribution in [0.2, 0.25) is 5.02 Å². The van der Waals surface area contributed by atoms with Gasteiger partial charge in [-0.25, -0.2) is 4.39 Å². The number of anilines is 1. The molecule has 2 aromatic carbocycles. The molecule has 1 N–H and O–H groups in total. The minimum Gasteiger partial charge on any atom is -0.495 e. The summed E-state index contributed by atoms with van der Waals surface area (Å²) in [6, 6.07) is 9.58. The van der Waals surface area contributed by atoms with Gasteiger partial charge in [0.15, 0.2) is 0 Å². The van der Waals surface area contributed by atoms with Crippen LogP contribution in [0, 0.1) is 12.7 Å². The normalized spacial score (nSPS) is 10.4. The Kier molecular flexibility index (Phi) is 5.39. The summed E-state index contributed by atoms with van der Waals surface area (Å²) in [5.41, 5.74) is 2.36. The Morgan fingerprint density at radius 1 is 1.27 bits per heavy atom. The van der Waals surface area contributed by atoms with Crippen LogP contribution in [-0.4, -0.2) is 13.0 Å². The van der Waals surface area contributed by atoms with Crippen LogP contribution in [0.4, 0.5) is 10.1 Å². The first-order valence-corrected chi connectivity index (χ1v) is 7.26. The molecule has 0 heterocycles. The molecule has 0 bridgehead atoms. The number of aryl methyl sites for hydroxylation is 2. The molecule has 0 aliphatic carbocycles. The number of rotatable bonds is 5. The molecular formula is C17H17ClFNO2. The molecule has 0 atom stereocenters. The predicted molar refractivity (Wildman–Crippen MR) is 86.1 cm³/mol. The first-order valence-electron chi connectivity index (χ1n) is 6.88. The van der Waals surface area contributed by atoms with Crippen LogP contribution in [0.15, 0.2) is 36.4 Å². The first-order chi connectivity index (χ1) is 10.5. The molecule has 0 radical (unpaired) electrons. The van der Waals surface area contributed by atoms with Crippen LogP contribution in [0.5, 0.6) is 5.75 Å². The number of halogens is 2. The number of benzene rings is 2. The maximum absolute atomic E-state index is 12.8. The lowest BCUT2D eigenvalue weighted by molar-refractivity contribution is -0.116. The van der Waals surface area contributed by atoms with Crippen molar-refractivity contribution in [2.24, 2.45) is 0 Å². The van der Waals surface area contributed by atoms with E-state index in [9.17, 15) is 9.18 Å². The number of nitrogens with one attached hydrogen (secondary N) is 1. The van der Waals surface area contributed by atoms with E-state index in [4.69, 9.17) is 16.3 Å². The van der Waals surface area contributed by atoms with Gasteiger partial charge in [-0.05, 0) is 42.7 Å². The van der Waals surface area contributed by atoms with Crippen molar-refractivity contribution in [3.05, 3.63) is 58.4 Å². The maximum Gasteiger partial charge on any atom is 0.224 e. The highest BCUT2D eigenvalue weighted by Gasteiger charge is 2.10. The quantitative estimate of drug-likeness (QED) is 0.888. The average Bonchev–Trinajstić information content (AvgIpc) is 2.50. The molecule has 116 valence electrons. The van der Waals surface area contributed by atoms with Gasteiger partial charge >= 0.3 is 0 Å². The van der Waals surface area contributed by atoms with Crippen LogP contribution in [-0.2, 0) is 11.2 Å². The van der Waals surface area contributed by atoms with E-state index in [1.54, 1.807) is 24.3 Å². The Balaban J connectivity index is 2.00. The smallest absolute Gasteiger partial charge is 0.224 e. The van der Waals surface area contributed by atoms with Crippen LogP contribution in [0.25, 0.3) is 0 Å². The second-order valence-electron chi connectivity index (χ2n) is 4.98. The Labute approximate surface area is 134 Å². The van der Waals surface area contributed by atoms with Crippen molar-refractivity contribution in [3.8, 4) is 5.75 Å². The fourth-order valence-corrected chi connectivity index (χ4v) is 2.21. The van der Waals surface area contributed by atoms with Gasteiger partial charge in [-0.15, -0.1) is 0 Å². The molecule has 0 aromatic heterocycles. The largest absolute Gasteiger partial charge is 0.495 e. The van der Waals surface area contributed by atoms with E-state index in [-0.39, 0.29) is 11.7 Å². The van der Waals surface area contributed by atoms with E-state index < -0.39 is 0 Å². The SMILES string of the molecule is COc1cc(Cl)c(C)cc1NC(=O)CCc1ccc(F)cc1.